The number of methoxy groups -OCH3 is 2. The van der Waals surface area contributed by atoms with E-state index in [0.717, 1.165) is 25.1 Å². The SMILES string of the molecule is COCSc1cc2c(cc1SCOC)C(CCN)=NCC2. The van der Waals surface area contributed by atoms with Crippen LogP contribution in [0.25, 0.3) is 0 Å². The van der Waals surface area contributed by atoms with Crippen LogP contribution >= 0.6 is 23.5 Å². The molecule has 0 radical (unpaired) electrons. The van der Waals surface area contributed by atoms with Gasteiger partial charge in [0.05, 0.1) is 11.9 Å². The molecule has 1 aromatic carbocycles. The molecule has 0 unspecified atom stereocenters. The maximum atomic E-state index is 5.70. The van der Waals surface area contributed by atoms with E-state index in [4.69, 9.17) is 15.2 Å². The quantitative estimate of drug-likeness (QED) is 0.588. The van der Waals surface area contributed by atoms with Crippen molar-refractivity contribution in [1.82, 2.24) is 0 Å². The molecule has 0 atom stereocenters. The standard InChI is InChI=1S/C15H22N2O2S2/c1-18-9-20-14-7-11-4-6-17-13(3-5-16)12(11)8-15(14)21-10-19-2/h7-8H,3-6,9-10,16H2,1-2H3. The minimum absolute atomic E-state index is 0.638. The third kappa shape index (κ3) is 4.47. The highest BCUT2D eigenvalue weighted by atomic mass is 32.2. The molecule has 0 saturated carbocycles. The summed E-state index contributed by atoms with van der Waals surface area (Å²) in [6.07, 6.45) is 1.84. The topological polar surface area (TPSA) is 56.8 Å². The van der Waals surface area contributed by atoms with Crippen molar-refractivity contribution in [2.24, 2.45) is 10.7 Å². The number of thioether (sulfide) groups is 2. The molecule has 21 heavy (non-hydrogen) atoms. The van der Waals surface area contributed by atoms with Crippen molar-refractivity contribution in [3.8, 4) is 0 Å². The Hall–Kier alpha value is -0.530. The zero-order chi connectivity index (χ0) is 15.1. The molecule has 0 saturated heterocycles. The fraction of sp³-hybridized carbons (Fsp3) is 0.533. The lowest BCUT2D eigenvalue weighted by atomic mass is 9.96. The van der Waals surface area contributed by atoms with Crippen molar-refractivity contribution in [3.63, 3.8) is 0 Å². The lowest BCUT2D eigenvalue weighted by molar-refractivity contribution is 0.258. The van der Waals surface area contributed by atoms with Crippen LogP contribution in [0.5, 0.6) is 0 Å². The summed E-state index contributed by atoms with van der Waals surface area (Å²) in [6, 6.07) is 4.52. The second-order valence-corrected chi connectivity index (χ2v) is 6.60. The van der Waals surface area contributed by atoms with Crippen molar-refractivity contribution in [2.75, 3.05) is 39.2 Å². The summed E-state index contributed by atoms with van der Waals surface area (Å²) in [4.78, 5) is 7.12. The van der Waals surface area contributed by atoms with Crippen LogP contribution in [0.3, 0.4) is 0 Å². The molecule has 0 spiro atoms. The van der Waals surface area contributed by atoms with Crippen molar-refractivity contribution < 1.29 is 9.47 Å². The third-order valence-electron chi connectivity index (χ3n) is 3.21. The lowest BCUT2D eigenvalue weighted by Gasteiger charge is -2.20. The van der Waals surface area contributed by atoms with E-state index in [9.17, 15) is 0 Å². The molecule has 116 valence electrons. The Morgan fingerprint density at radius 3 is 2.43 bits per heavy atom. The fourth-order valence-corrected chi connectivity index (χ4v) is 3.97. The lowest BCUT2D eigenvalue weighted by Crippen LogP contribution is -2.17. The number of nitrogens with two attached hydrogens (primary N) is 1. The maximum absolute atomic E-state index is 5.70. The molecule has 0 bridgehead atoms. The van der Waals surface area contributed by atoms with Gasteiger partial charge in [-0.2, -0.15) is 0 Å². The summed E-state index contributed by atoms with van der Waals surface area (Å²) in [5.74, 6) is 1.30. The summed E-state index contributed by atoms with van der Waals surface area (Å²) < 4.78 is 10.4. The summed E-state index contributed by atoms with van der Waals surface area (Å²) in [5.41, 5.74) is 9.47. The molecule has 2 N–H and O–H groups in total. The molecule has 0 aromatic heterocycles. The number of hydrogen-bond donors (Lipinski definition) is 1. The zero-order valence-corrected chi connectivity index (χ0v) is 14.2. The average Bonchev–Trinajstić information content (AvgIpc) is 2.51. The van der Waals surface area contributed by atoms with Crippen molar-refractivity contribution in [1.29, 1.82) is 0 Å². The Kier molecular flexibility index (Phi) is 7.06. The van der Waals surface area contributed by atoms with Crippen LogP contribution in [0.15, 0.2) is 26.9 Å². The summed E-state index contributed by atoms with van der Waals surface area (Å²) in [7, 11) is 3.44. The largest absolute Gasteiger partial charge is 0.374 e. The van der Waals surface area contributed by atoms with Crippen LogP contribution in [-0.4, -0.2) is 44.9 Å². The van der Waals surface area contributed by atoms with E-state index >= 15 is 0 Å². The van der Waals surface area contributed by atoms with E-state index in [-0.39, 0.29) is 0 Å². The Morgan fingerprint density at radius 1 is 1.14 bits per heavy atom. The number of ether oxygens (including phenoxy) is 2. The number of benzene rings is 1. The van der Waals surface area contributed by atoms with Gasteiger partial charge in [0.25, 0.3) is 0 Å². The van der Waals surface area contributed by atoms with Gasteiger partial charge in [-0.15, -0.1) is 0 Å². The molecule has 1 aromatic rings. The number of nitrogens with zero attached hydrogens (tertiary/aromatic N) is 1. The van der Waals surface area contributed by atoms with E-state index in [1.165, 1.54) is 20.9 Å². The highest BCUT2D eigenvalue weighted by Crippen LogP contribution is 2.35. The van der Waals surface area contributed by atoms with Gasteiger partial charge in [0, 0.05) is 42.7 Å². The summed E-state index contributed by atoms with van der Waals surface area (Å²) in [6.45, 7) is 1.50. The van der Waals surface area contributed by atoms with E-state index in [2.05, 4.69) is 17.1 Å². The second kappa shape index (κ2) is 8.80. The van der Waals surface area contributed by atoms with Crippen LogP contribution in [0.2, 0.25) is 0 Å². The first kappa shape index (κ1) is 16.8. The van der Waals surface area contributed by atoms with Crippen molar-refractivity contribution in [2.45, 2.75) is 22.6 Å². The van der Waals surface area contributed by atoms with E-state index < -0.39 is 0 Å². The predicted octanol–water partition coefficient (Wildman–Crippen LogP) is 2.77. The Balaban J connectivity index is 2.32. The monoisotopic (exact) mass is 326 g/mol. The first-order valence-corrected chi connectivity index (χ1v) is 8.91. The maximum Gasteiger partial charge on any atom is 0.0963 e. The zero-order valence-electron chi connectivity index (χ0n) is 12.6. The van der Waals surface area contributed by atoms with Crippen LogP contribution in [0.4, 0.5) is 0 Å². The van der Waals surface area contributed by atoms with Gasteiger partial charge >= 0.3 is 0 Å². The van der Waals surface area contributed by atoms with Crippen molar-refractivity contribution >= 4 is 29.2 Å². The smallest absolute Gasteiger partial charge is 0.0963 e. The third-order valence-corrected chi connectivity index (χ3v) is 5.34. The molecule has 0 fully saturated rings. The van der Waals surface area contributed by atoms with E-state index in [0.29, 0.717) is 18.4 Å². The molecule has 2 rings (SSSR count). The fourth-order valence-electron chi connectivity index (χ4n) is 2.29. The van der Waals surface area contributed by atoms with Gasteiger partial charge in [0.2, 0.25) is 0 Å². The minimum Gasteiger partial charge on any atom is -0.374 e. The van der Waals surface area contributed by atoms with Gasteiger partial charge < -0.3 is 15.2 Å². The van der Waals surface area contributed by atoms with Gasteiger partial charge in [0.1, 0.15) is 0 Å². The number of hydrogen-bond acceptors (Lipinski definition) is 6. The summed E-state index contributed by atoms with van der Waals surface area (Å²) in [5, 5.41) is 0. The van der Waals surface area contributed by atoms with Gasteiger partial charge in [-0.05, 0) is 36.2 Å². The Labute approximate surface area is 134 Å². The average molecular weight is 326 g/mol. The van der Waals surface area contributed by atoms with Crippen LogP contribution in [0, 0.1) is 0 Å². The Bertz CT molecular complexity index is 507. The molecule has 6 heteroatoms. The van der Waals surface area contributed by atoms with Crippen LogP contribution in [0.1, 0.15) is 17.5 Å². The van der Waals surface area contributed by atoms with Gasteiger partial charge in [-0.3, -0.25) is 4.99 Å². The number of aliphatic imine (C=N–C) groups is 1. The summed E-state index contributed by atoms with van der Waals surface area (Å²) >= 11 is 3.43. The van der Waals surface area contributed by atoms with Crippen LogP contribution in [-0.2, 0) is 15.9 Å². The first-order chi connectivity index (χ1) is 10.3. The molecule has 4 nitrogen and oxygen atoms in total. The molecule has 1 aliphatic rings. The Morgan fingerprint density at radius 2 is 1.81 bits per heavy atom. The second-order valence-electron chi connectivity index (χ2n) is 4.67. The number of rotatable bonds is 8. The van der Waals surface area contributed by atoms with Gasteiger partial charge in [-0.25, -0.2) is 0 Å². The van der Waals surface area contributed by atoms with Gasteiger partial charge in [0.15, 0.2) is 0 Å². The van der Waals surface area contributed by atoms with Crippen LogP contribution < -0.4 is 5.73 Å². The normalized spacial score (nSPS) is 14.0. The molecule has 0 amide bonds. The van der Waals surface area contributed by atoms with Crippen molar-refractivity contribution in [3.05, 3.63) is 23.3 Å². The highest BCUT2D eigenvalue weighted by Gasteiger charge is 2.17. The predicted molar refractivity (Wildman–Crippen MR) is 90.7 cm³/mol. The number of fused-ring (bicyclic) bond motifs is 1. The minimum atomic E-state index is 0.638. The van der Waals surface area contributed by atoms with Gasteiger partial charge in [-0.1, -0.05) is 23.5 Å². The molecule has 1 heterocycles. The van der Waals surface area contributed by atoms with E-state index in [1.54, 1.807) is 37.7 Å². The molecule has 1 aliphatic heterocycles. The first-order valence-electron chi connectivity index (χ1n) is 6.94. The molecule has 0 aliphatic carbocycles. The molecular formula is C15H22N2O2S2. The molecular weight excluding hydrogens is 304 g/mol. The highest BCUT2D eigenvalue weighted by molar-refractivity contribution is 8.02. The van der Waals surface area contributed by atoms with E-state index in [1.807, 2.05) is 0 Å².